The Labute approximate surface area is 132 Å². The molecule has 0 aliphatic rings. The van der Waals surface area contributed by atoms with Gasteiger partial charge in [0.25, 0.3) is 0 Å². The Morgan fingerprint density at radius 1 is 1.10 bits per heavy atom. The van der Waals surface area contributed by atoms with Gasteiger partial charge in [-0.15, -0.1) is 0 Å². The Kier molecular flexibility index (Phi) is 5.76. The first-order valence-corrected chi connectivity index (χ1v) is 7.05. The number of benzene rings is 2. The van der Waals surface area contributed by atoms with Crippen LogP contribution >= 0.6 is 15.9 Å². The molecule has 0 spiro atoms. The fourth-order valence-corrected chi connectivity index (χ4v) is 2.05. The molecular weight excluding hydrogens is 334 g/mol. The molecule has 5 heteroatoms. The molecular formula is C16H14BrNO3. The molecule has 0 aliphatic heterocycles. The van der Waals surface area contributed by atoms with Crippen LogP contribution in [0, 0.1) is 11.3 Å². The molecule has 0 fully saturated rings. The number of nitriles is 1. The Balaban J connectivity index is 2.09. The highest BCUT2D eigenvalue weighted by atomic mass is 79.9. The van der Waals surface area contributed by atoms with Gasteiger partial charge in [-0.3, -0.25) is 0 Å². The van der Waals surface area contributed by atoms with E-state index in [1.54, 1.807) is 31.4 Å². The van der Waals surface area contributed by atoms with Crippen molar-refractivity contribution in [1.82, 2.24) is 0 Å². The molecule has 0 amide bonds. The molecule has 21 heavy (non-hydrogen) atoms. The van der Waals surface area contributed by atoms with Crippen molar-refractivity contribution >= 4 is 15.9 Å². The number of hydrogen-bond acceptors (Lipinski definition) is 4. The zero-order chi connectivity index (χ0) is 15.1. The fraction of sp³-hybridized carbons (Fsp3) is 0.188. The van der Waals surface area contributed by atoms with Crippen molar-refractivity contribution in [3.8, 4) is 17.6 Å². The molecule has 108 valence electrons. The van der Waals surface area contributed by atoms with Crippen LogP contribution < -0.4 is 4.74 Å². The third-order valence-electron chi connectivity index (χ3n) is 2.70. The predicted octanol–water partition coefficient (Wildman–Crippen LogP) is 4.23. The van der Waals surface area contributed by atoms with E-state index in [1.807, 2.05) is 18.2 Å². The van der Waals surface area contributed by atoms with Crippen LogP contribution in [0.4, 0.5) is 0 Å². The van der Waals surface area contributed by atoms with Crippen LogP contribution in [0.2, 0.25) is 0 Å². The van der Waals surface area contributed by atoms with Crippen molar-refractivity contribution in [2.75, 3.05) is 13.9 Å². The molecule has 0 bridgehead atoms. The lowest BCUT2D eigenvalue weighted by Crippen LogP contribution is -1.98. The molecule has 0 aliphatic carbocycles. The summed E-state index contributed by atoms with van der Waals surface area (Å²) < 4.78 is 16.9. The van der Waals surface area contributed by atoms with Crippen LogP contribution in [-0.4, -0.2) is 13.9 Å². The smallest absolute Gasteiger partial charge is 0.146 e. The van der Waals surface area contributed by atoms with Crippen molar-refractivity contribution in [2.45, 2.75) is 6.61 Å². The molecule has 0 atom stereocenters. The largest absolute Gasteiger partial charge is 0.457 e. The predicted molar refractivity (Wildman–Crippen MR) is 82.0 cm³/mol. The Hall–Kier alpha value is -1.87. The number of rotatable bonds is 6. The number of hydrogen-bond donors (Lipinski definition) is 0. The Morgan fingerprint density at radius 3 is 2.48 bits per heavy atom. The highest BCUT2D eigenvalue weighted by molar-refractivity contribution is 9.10. The summed E-state index contributed by atoms with van der Waals surface area (Å²) in [5.74, 6) is 1.39. The number of ether oxygens (including phenoxy) is 3. The van der Waals surface area contributed by atoms with E-state index in [1.165, 1.54) is 0 Å². The molecule has 0 N–H and O–H groups in total. The van der Waals surface area contributed by atoms with Crippen molar-refractivity contribution in [3.05, 3.63) is 58.1 Å². The summed E-state index contributed by atoms with van der Waals surface area (Å²) in [6.07, 6.45) is 0. The van der Waals surface area contributed by atoms with Gasteiger partial charge in [-0.25, -0.2) is 0 Å². The lowest BCUT2D eigenvalue weighted by molar-refractivity contribution is -0.0392. The maximum atomic E-state index is 8.77. The second-order valence-corrected chi connectivity index (χ2v) is 5.10. The molecule has 0 unspecified atom stereocenters. The SMILES string of the molecule is COCOCc1cc(Oc2ccc(C#N)cc2)ccc1Br. The average Bonchev–Trinajstić information content (AvgIpc) is 2.51. The van der Waals surface area contributed by atoms with Gasteiger partial charge in [-0.1, -0.05) is 15.9 Å². The maximum absolute atomic E-state index is 8.77. The van der Waals surface area contributed by atoms with E-state index in [9.17, 15) is 0 Å². The molecule has 0 saturated heterocycles. The highest BCUT2D eigenvalue weighted by Gasteiger charge is 2.04. The Bertz CT molecular complexity index is 635. The maximum Gasteiger partial charge on any atom is 0.146 e. The summed E-state index contributed by atoms with van der Waals surface area (Å²) in [6, 6.07) is 14.7. The highest BCUT2D eigenvalue weighted by Crippen LogP contribution is 2.27. The van der Waals surface area contributed by atoms with Crippen molar-refractivity contribution in [1.29, 1.82) is 5.26 Å². The third-order valence-corrected chi connectivity index (χ3v) is 3.47. The van der Waals surface area contributed by atoms with E-state index >= 15 is 0 Å². The quantitative estimate of drug-likeness (QED) is 0.579. The topological polar surface area (TPSA) is 51.5 Å². The monoisotopic (exact) mass is 347 g/mol. The number of nitrogens with zero attached hydrogens (tertiary/aromatic N) is 1. The number of halogens is 1. The summed E-state index contributed by atoms with van der Waals surface area (Å²) >= 11 is 3.47. The van der Waals surface area contributed by atoms with Gasteiger partial charge in [0.2, 0.25) is 0 Å². The van der Waals surface area contributed by atoms with E-state index in [0.29, 0.717) is 23.7 Å². The Morgan fingerprint density at radius 2 is 1.81 bits per heavy atom. The lowest BCUT2D eigenvalue weighted by Gasteiger charge is -2.10. The molecule has 0 aromatic heterocycles. The summed E-state index contributed by atoms with van der Waals surface area (Å²) in [5.41, 5.74) is 1.57. The van der Waals surface area contributed by atoms with Crippen molar-refractivity contribution in [3.63, 3.8) is 0 Å². The summed E-state index contributed by atoms with van der Waals surface area (Å²) in [6.45, 7) is 0.673. The fourth-order valence-electron chi connectivity index (χ4n) is 1.69. The van der Waals surface area contributed by atoms with Gasteiger partial charge >= 0.3 is 0 Å². The van der Waals surface area contributed by atoms with E-state index in [2.05, 4.69) is 22.0 Å². The van der Waals surface area contributed by atoms with Gasteiger partial charge in [0.1, 0.15) is 18.3 Å². The minimum Gasteiger partial charge on any atom is -0.457 e. The first-order chi connectivity index (χ1) is 10.2. The van der Waals surface area contributed by atoms with Gasteiger partial charge < -0.3 is 14.2 Å². The van der Waals surface area contributed by atoms with Crippen LogP contribution in [0.3, 0.4) is 0 Å². The average molecular weight is 348 g/mol. The molecule has 2 rings (SSSR count). The summed E-state index contributed by atoms with van der Waals surface area (Å²) in [7, 11) is 1.58. The van der Waals surface area contributed by atoms with Gasteiger partial charge in [0.05, 0.1) is 18.2 Å². The van der Waals surface area contributed by atoms with Gasteiger partial charge in [-0.05, 0) is 48.0 Å². The van der Waals surface area contributed by atoms with Crippen LogP contribution in [-0.2, 0) is 16.1 Å². The molecule has 2 aromatic carbocycles. The normalized spacial score (nSPS) is 10.1. The molecule has 4 nitrogen and oxygen atoms in total. The van der Waals surface area contributed by atoms with Gasteiger partial charge in [0.15, 0.2) is 0 Å². The van der Waals surface area contributed by atoms with E-state index < -0.39 is 0 Å². The summed E-state index contributed by atoms with van der Waals surface area (Å²) in [5, 5.41) is 8.77. The van der Waals surface area contributed by atoms with Crippen molar-refractivity contribution < 1.29 is 14.2 Å². The molecule has 2 aromatic rings. The third kappa shape index (κ3) is 4.57. The van der Waals surface area contributed by atoms with Crippen LogP contribution in [0.5, 0.6) is 11.5 Å². The zero-order valence-electron chi connectivity index (χ0n) is 11.5. The first kappa shape index (κ1) is 15.5. The molecule has 0 saturated carbocycles. The second kappa shape index (κ2) is 7.79. The van der Waals surface area contributed by atoms with Crippen LogP contribution in [0.25, 0.3) is 0 Å². The minimum absolute atomic E-state index is 0.243. The molecule has 0 radical (unpaired) electrons. The lowest BCUT2D eigenvalue weighted by atomic mass is 10.2. The van der Waals surface area contributed by atoms with Crippen LogP contribution in [0.15, 0.2) is 46.9 Å². The summed E-state index contributed by atoms with van der Waals surface area (Å²) in [4.78, 5) is 0. The van der Waals surface area contributed by atoms with E-state index in [4.69, 9.17) is 19.5 Å². The van der Waals surface area contributed by atoms with E-state index in [0.717, 1.165) is 10.0 Å². The van der Waals surface area contributed by atoms with Gasteiger partial charge in [0, 0.05) is 11.6 Å². The first-order valence-electron chi connectivity index (χ1n) is 6.26. The van der Waals surface area contributed by atoms with E-state index in [-0.39, 0.29) is 6.79 Å². The van der Waals surface area contributed by atoms with Crippen LogP contribution in [0.1, 0.15) is 11.1 Å². The van der Waals surface area contributed by atoms with Crippen molar-refractivity contribution in [2.24, 2.45) is 0 Å². The second-order valence-electron chi connectivity index (χ2n) is 4.25. The zero-order valence-corrected chi connectivity index (χ0v) is 13.1. The van der Waals surface area contributed by atoms with Gasteiger partial charge in [-0.2, -0.15) is 5.26 Å². The standard InChI is InChI=1S/C16H14BrNO3/c1-19-11-20-10-13-8-15(6-7-16(13)17)21-14-4-2-12(9-18)3-5-14/h2-8H,10-11H2,1H3. The minimum atomic E-state index is 0.243. The number of methoxy groups -OCH3 is 1. The molecule has 0 heterocycles.